The number of rotatable bonds is 4. The van der Waals surface area contributed by atoms with Gasteiger partial charge in [-0.1, -0.05) is 23.7 Å². The zero-order valence-corrected chi connectivity index (χ0v) is 15.4. The van der Waals surface area contributed by atoms with Crippen LogP contribution in [0.4, 0.5) is 0 Å². The molecule has 3 rings (SSSR count). The lowest BCUT2D eigenvalue weighted by Gasteiger charge is -2.38. The summed E-state index contributed by atoms with van der Waals surface area (Å²) >= 11 is 5.84. The smallest absolute Gasteiger partial charge is 0.258 e. The fourth-order valence-corrected chi connectivity index (χ4v) is 3.13. The first-order valence-electron chi connectivity index (χ1n) is 8.30. The van der Waals surface area contributed by atoms with Crippen molar-refractivity contribution in [3.8, 4) is 11.5 Å². The lowest BCUT2D eigenvalue weighted by atomic mass is 9.89. The van der Waals surface area contributed by atoms with Gasteiger partial charge in [-0.25, -0.2) is 0 Å². The number of carbonyl (C=O) groups excluding carboxylic acids is 1. The number of hydrogen-bond acceptors (Lipinski definition) is 3. The average molecular weight is 360 g/mol. The minimum absolute atomic E-state index is 0.0411. The lowest BCUT2D eigenvalue weighted by Crippen LogP contribution is -2.42. The van der Waals surface area contributed by atoms with Gasteiger partial charge in [-0.2, -0.15) is 0 Å². The Kier molecular flexibility index (Phi) is 4.91. The molecule has 2 aromatic rings. The normalized spacial score (nSPS) is 18.0. The largest absolute Gasteiger partial charge is 0.487 e. The van der Waals surface area contributed by atoms with Crippen molar-refractivity contribution in [2.75, 3.05) is 6.61 Å². The zero-order chi connectivity index (χ0) is 18.0. The predicted octanol–water partition coefficient (Wildman–Crippen LogP) is 4.45. The van der Waals surface area contributed by atoms with Crippen molar-refractivity contribution in [3.63, 3.8) is 0 Å². The van der Waals surface area contributed by atoms with Crippen molar-refractivity contribution in [3.05, 3.63) is 58.6 Å². The quantitative estimate of drug-likeness (QED) is 0.877. The molecular weight excluding hydrogens is 338 g/mol. The molecule has 0 bridgehead atoms. The van der Waals surface area contributed by atoms with Gasteiger partial charge in [-0.05, 0) is 56.7 Å². The molecular formula is C20H22ClNO3. The van der Waals surface area contributed by atoms with E-state index in [4.69, 9.17) is 21.1 Å². The molecule has 1 atom stereocenters. The van der Waals surface area contributed by atoms with E-state index in [1.54, 1.807) is 24.3 Å². The molecule has 25 heavy (non-hydrogen) atoms. The number of halogens is 1. The monoisotopic (exact) mass is 359 g/mol. The maximum absolute atomic E-state index is 12.3. The van der Waals surface area contributed by atoms with Crippen LogP contribution in [0.3, 0.4) is 0 Å². The van der Waals surface area contributed by atoms with Gasteiger partial charge in [0.1, 0.15) is 17.1 Å². The Labute approximate surface area is 153 Å². The number of nitrogens with one attached hydrogen (secondary N) is 1. The Balaban J connectivity index is 1.67. The number of ether oxygens (including phenoxy) is 2. The van der Waals surface area contributed by atoms with Crippen LogP contribution in [-0.2, 0) is 4.79 Å². The first kappa shape index (κ1) is 17.6. The molecule has 0 spiro atoms. The molecule has 0 fully saturated rings. The fraction of sp³-hybridized carbons (Fsp3) is 0.350. The Bertz CT molecular complexity index is 771. The molecule has 5 heteroatoms. The van der Waals surface area contributed by atoms with Crippen LogP contribution in [0.5, 0.6) is 11.5 Å². The highest BCUT2D eigenvalue weighted by Crippen LogP contribution is 2.39. The molecule has 1 amide bonds. The minimum atomic E-state index is -0.338. The van der Waals surface area contributed by atoms with E-state index in [2.05, 4.69) is 5.32 Å². The van der Waals surface area contributed by atoms with Gasteiger partial charge in [0.2, 0.25) is 0 Å². The standard InChI is InChI=1S/C20H22ClNO3/c1-13-4-9-16-17(11-20(2,3)25-18(16)10-13)22-19(23)12-24-15-7-5-14(21)6-8-15/h4-10,17H,11-12H2,1-3H3,(H,22,23). The van der Waals surface area contributed by atoms with E-state index in [0.29, 0.717) is 17.2 Å². The third-order valence-electron chi connectivity index (χ3n) is 4.15. The summed E-state index contributed by atoms with van der Waals surface area (Å²) in [4.78, 5) is 12.3. The molecule has 2 aromatic carbocycles. The number of benzene rings is 2. The van der Waals surface area contributed by atoms with Crippen molar-refractivity contribution in [2.24, 2.45) is 0 Å². The van der Waals surface area contributed by atoms with Crippen LogP contribution in [0.15, 0.2) is 42.5 Å². The van der Waals surface area contributed by atoms with Gasteiger partial charge in [-0.3, -0.25) is 4.79 Å². The summed E-state index contributed by atoms with van der Waals surface area (Å²) in [5.74, 6) is 1.28. The molecule has 0 aromatic heterocycles. The van der Waals surface area contributed by atoms with Crippen molar-refractivity contribution >= 4 is 17.5 Å². The Morgan fingerprint density at radius 3 is 2.72 bits per heavy atom. The number of aryl methyl sites for hydroxylation is 1. The molecule has 1 unspecified atom stereocenters. The van der Waals surface area contributed by atoms with Gasteiger partial charge in [0.15, 0.2) is 6.61 Å². The van der Waals surface area contributed by atoms with E-state index in [1.165, 1.54) is 0 Å². The first-order valence-corrected chi connectivity index (χ1v) is 8.67. The highest BCUT2D eigenvalue weighted by Gasteiger charge is 2.34. The molecule has 1 heterocycles. The van der Waals surface area contributed by atoms with Crippen LogP contribution < -0.4 is 14.8 Å². The van der Waals surface area contributed by atoms with E-state index in [-0.39, 0.29) is 24.2 Å². The summed E-state index contributed by atoms with van der Waals surface area (Å²) in [7, 11) is 0. The molecule has 0 saturated heterocycles. The van der Waals surface area contributed by atoms with Gasteiger partial charge < -0.3 is 14.8 Å². The molecule has 4 nitrogen and oxygen atoms in total. The SMILES string of the molecule is Cc1ccc2c(c1)OC(C)(C)CC2NC(=O)COc1ccc(Cl)cc1. The summed E-state index contributed by atoms with van der Waals surface area (Å²) in [5.41, 5.74) is 1.80. The van der Waals surface area contributed by atoms with Crippen LogP contribution in [-0.4, -0.2) is 18.1 Å². The van der Waals surface area contributed by atoms with Crippen LogP contribution in [0.1, 0.15) is 37.4 Å². The maximum Gasteiger partial charge on any atom is 0.258 e. The summed E-state index contributed by atoms with van der Waals surface area (Å²) < 4.78 is 11.6. The van der Waals surface area contributed by atoms with Gasteiger partial charge in [0.25, 0.3) is 5.91 Å². The third kappa shape index (κ3) is 4.45. The highest BCUT2D eigenvalue weighted by molar-refractivity contribution is 6.30. The van der Waals surface area contributed by atoms with Crippen molar-refractivity contribution in [2.45, 2.75) is 38.8 Å². The maximum atomic E-state index is 12.3. The molecule has 1 aliphatic rings. The van der Waals surface area contributed by atoms with E-state index in [0.717, 1.165) is 16.9 Å². The van der Waals surface area contributed by atoms with Crippen molar-refractivity contribution in [1.29, 1.82) is 0 Å². The van der Waals surface area contributed by atoms with Gasteiger partial charge >= 0.3 is 0 Å². The van der Waals surface area contributed by atoms with Crippen LogP contribution in [0, 0.1) is 6.92 Å². The first-order chi connectivity index (χ1) is 11.8. The predicted molar refractivity (Wildman–Crippen MR) is 98.3 cm³/mol. The topological polar surface area (TPSA) is 47.6 Å². The van der Waals surface area contributed by atoms with Gasteiger partial charge in [0.05, 0.1) is 6.04 Å². The molecule has 0 saturated carbocycles. The molecule has 1 aliphatic heterocycles. The summed E-state index contributed by atoms with van der Waals surface area (Å²) in [5, 5.41) is 3.69. The van der Waals surface area contributed by atoms with Crippen molar-refractivity contribution in [1.82, 2.24) is 5.32 Å². The van der Waals surface area contributed by atoms with E-state index in [1.807, 2.05) is 39.0 Å². The highest BCUT2D eigenvalue weighted by atomic mass is 35.5. The minimum Gasteiger partial charge on any atom is -0.487 e. The second-order valence-corrected chi connectivity index (χ2v) is 7.41. The van der Waals surface area contributed by atoms with Crippen molar-refractivity contribution < 1.29 is 14.3 Å². The summed E-state index contributed by atoms with van der Waals surface area (Å²) in [6.45, 7) is 6.04. The van der Waals surface area contributed by atoms with Crippen LogP contribution in [0.2, 0.25) is 5.02 Å². The Hall–Kier alpha value is -2.20. The van der Waals surface area contributed by atoms with E-state index >= 15 is 0 Å². The van der Waals surface area contributed by atoms with E-state index in [9.17, 15) is 4.79 Å². The number of fused-ring (bicyclic) bond motifs is 1. The summed E-state index contributed by atoms with van der Waals surface area (Å²) in [6.07, 6.45) is 0.704. The Morgan fingerprint density at radius 1 is 1.28 bits per heavy atom. The molecule has 1 N–H and O–H groups in total. The van der Waals surface area contributed by atoms with E-state index < -0.39 is 0 Å². The molecule has 0 aliphatic carbocycles. The van der Waals surface area contributed by atoms with Gasteiger partial charge in [0, 0.05) is 17.0 Å². The molecule has 0 radical (unpaired) electrons. The lowest BCUT2D eigenvalue weighted by molar-refractivity contribution is -0.124. The summed E-state index contributed by atoms with van der Waals surface area (Å²) in [6, 6.07) is 12.9. The zero-order valence-electron chi connectivity index (χ0n) is 14.6. The van der Waals surface area contributed by atoms with Crippen LogP contribution in [0.25, 0.3) is 0 Å². The van der Waals surface area contributed by atoms with Crippen LogP contribution >= 0.6 is 11.6 Å². The van der Waals surface area contributed by atoms with Gasteiger partial charge in [-0.15, -0.1) is 0 Å². The second-order valence-electron chi connectivity index (χ2n) is 6.97. The number of amides is 1. The molecule has 132 valence electrons. The number of carbonyl (C=O) groups is 1. The second kappa shape index (κ2) is 6.96. The Morgan fingerprint density at radius 2 is 2.00 bits per heavy atom. The average Bonchev–Trinajstić information content (AvgIpc) is 2.52. The fourth-order valence-electron chi connectivity index (χ4n) is 3.00. The number of hydrogen-bond donors (Lipinski definition) is 1. The third-order valence-corrected chi connectivity index (χ3v) is 4.40.